The smallest absolute Gasteiger partial charge is 0.326 e. The number of nitrogens with zero attached hydrogens (tertiary/aromatic N) is 3. The van der Waals surface area contributed by atoms with Crippen LogP contribution in [0.25, 0.3) is 5.69 Å². The Morgan fingerprint density at radius 2 is 1.96 bits per heavy atom. The Labute approximate surface area is 147 Å². The van der Waals surface area contributed by atoms with Gasteiger partial charge in [0, 0.05) is 6.54 Å². The number of amides is 1. The third-order valence-corrected chi connectivity index (χ3v) is 4.88. The number of aryl methyl sites for hydroxylation is 2. The molecule has 6 heteroatoms. The lowest BCUT2D eigenvalue weighted by molar-refractivity contribution is -0.143. The third-order valence-electron chi connectivity index (χ3n) is 4.88. The summed E-state index contributed by atoms with van der Waals surface area (Å²) >= 11 is 0. The minimum Gasteiger partial charge on any atom is -0.480 e. The van der Waals surface area contributed by atoms with E-state index >= 15 is 0 Å². The van der Waals surface area contributed by atoms with Gasteiger partial charge in [-0.05, 0) is 57.2 Å². The van der Waals surface area contributed by atoms with Crippen molar-refractivity contribution in [2.45, 2.75) is 46.1 Å². The molecule has 1 aromatic carbocycles. The largest absolute Gasteiger partial charge is 0.480 e. The van der Waals surface area contributed by atoms with Gasteiger partial charge in [0.1, 0.15) is 6.04 Å². The fourth-order valence-electron chi connectivity index (χ4n) is 3.40. The Morgan fingerprint density at radius 3 is 2.68 bits per heavy atom. The highest BCUT2D eigenvalue weighted by atomic mass is 16.4. The molecule has 2 aromatic rings. The first-order valence-corrected chi connectivity index (χ1v) is 8.56. The number of piperidine rings is 1. The van der Waals surface area contributed by atoms with Gasteiger partial charge in [-0.1, -0.05) is 12.1 Å². The van der Waals surface area contributed by atoms with Crippen molar-refractivity contribution in [3.63, 3.8) is 0 Å². The monoisotopic (exact) mass is 341 g/mol. The Kier molecular flexibility index (Phi) is 4.61. The average Bonchev–Trinajstić information content (AvgIpc) is 2.97. The molecule has 1 fully saturated rings. The summed E-state index contributed by atoms with van der Waals surface area (Å²) in [6, 6.07) is 5.35. The zero-order valence-corrected chi connectivity index (χ0v) is 14.8. The summed E-state index contributed by atoms with van der Waals surface area (Å²) in [6.07, 6.45) is 3.72. The fraction of sp³-hybridized carbons (Fsp3) is 0.421. The molecule has 1 N–H and O–H groups in total. The summed E-state index contributed by atoms with van der Waals surface area (Å²) in [7, 11) is 0. The van der Waals surface area contributed by atoms with Gasteiger partial charge >= 0.3 is 5.97 Å². The van der Waals surface area contributed by atoms with Crippen LogP contribution in [0.4, 0.5) is 0 Å². The summed E-state index contributed by atoms with van der Waals surface area (Å²) in [5.41, 5.74) is 4.31. The number of benzene rings is 1. The van der Waals surface area contributed by atoms with Gasteiger partial charge in [-0.3, -0.25) is 4.79 Å². The predicted octanol–water partition coefficient (Wildman–Crippen LogP) is 2.88. The second kappa shape index (κ2) is 6.70. The second-order valence-corrected chi connectivity index (χ2v) is 6.69. The van der Waals surface area contributed by atoms with E-state index in [1.54, 1.807) is 10.9 Å². The number of aliphatic carboxylic acids is 1. The molecule has 1 aliphatic rings. The lowest BCUT2D eigenvalue weighted by Gasteiger charge is -2.32. The highest BCUT2D eigenvalue weighted by Crippen LogP contribution is 2.24. The van der Waals surface area contributed by atoms with Gasteiger partial charge in [0.05, 0.1) is 23.1 Å². The lowest BCUT2D eigenvalue weighted by Crippen LogP contribution is -2.48. The van der Waals surface area contributed by atoms with Crippen molar-refractivity contribution in [1.82, 2.24) is 14.7 Å². The average molecular weight is 341 g/mol. The summed E-state index contributed by atoms with van der Waals surface area (Å²) < 4.78 is 1.76. The van der Waals surface area contributed by atoms with Gasteiger partial charge < -0.3 is 10.0 Å². The molecule has 1 atom stereocenters. The molecule has 0 spiro atoms. The van der Waals surface area contributed by atoms with Crippen LogP contribution in [-0.2, 0) is 4.79 Å². The van der Waals surface area contributed by atoms with Gasteiger partial charge in [0.2, 0.25) is 0 Å². The zero-order valence-electron chi connectivity index (χ0n) is 14.8. The van der Waals surface area contributed by atoms with Crippen LogP contribution in [0.1, 0.15) is 46.4 Å². The molecule has 25 heavy (non-hydrogen) atoms. The number of carbonyl (C=O) groups excluding carboxylic acids is 1. The van der Waals surface area contributed by atoms with E-state index in [0.717, 1.165) is 35.3 Å². The second-order valence-electron chi connectivity index (χ2n) is 6.69. The first-order valence-electron chi connectivity index (χ1n) is 8.56. The molecule has 0 saturated carbocycles. The maximum Gasteiger partial charge on any atom is 0.326 e. The highest BCUT2D eigenvalue weighted by molar-refractivity contribution is 5.97. The molecule has 0 aliphatic carbocycles. The van der Waals surface area contributed by atoms with Crippen LogP contribution in [0.2, 0.25) is 0 Å². The van der Waals surface area contributed by atoms with Gasteiger partial charge in [-0.25, -0.2) is 9.48 Å². The Bertz CT molecular complexity index is 825. The van der Waals surface area contributed by atoms with Crippen LogP contribution in [-0.4, -0.2) is 44.3 Å². The minimum atomic E-state index is -0.937. The summed E-state index contributed by atoms with van der Waals surface area (Å²) in [6.45, 7) is 6.34. The number of carboxylic acids is 1. The van der Waals surface area contributed by atoms with E-state index < -0.39 is 12.0 Å². The first-order chi connectivity index (χ1) is 11.9. The molecule has 1 amide bonds. The van der Waals surface area contributed by atoms with Crippen molar-refractivity contribution in [2.24, 2.45) is 0 Å². The molecular formula is C19H23N3O3. The lowest BCUT2D eigenvalue weighted by atomic mass is 10.0. The SMILES string of the molecule is Cc1ccc(C)c(-n2ncc(C(=O)N3CCCC[C@@H]3C(=O)O)c2C)c1. The number of carboxylic acid groups (broad SMARTS) is 1. The summed E-state index contributed by atoms with van der Waals surface area (Å²) in [4.78, 5) is 25.9. The van der Waals surface area contributed by atoms with E-state index in [2.05, 4.69) is 5.10 Å². The van der Waals surface area contributed by atoms with E-state index in [0.29, 0.717) is 18.5 Å². The van der Waals surface area contributed by atoms with Gasteiger partial charge in [0.25, 0.3) is 5.91 Å². The maximum atomic E-state index is 12.9. The minimum absolute atomic E-state index is 0.249. The fourth-order valence-corrected chi connectivity index (χ4v) is 3.40. The summed E-state index contributed by atoms with van der Waals surface area (Å²) in [5.74, 6) is -1.19. The molecule has 2 heterocycles. The Hall–Kier alpha value is -2.63. The van der Waals surface area contributed by atoms with Gasteiger partial charge in [-0.15, -0.1) is 0 Å². The molecule has 6 nitrogen and oxygen atoms in total. The van der Waals surface area contributed by atoms with E-state index in [1.807, 2.05) is 39.0 Å². The van der Waals surface area contributed by atoms with Crippen molar-refractivity contribution in [3.8, 4) is 5.69 Å². The van der Waals surface area contributed by atoms with Crippen LogP contribution in [0.5, 0.6) is 0 Å². The number of hydrogen-bond acceptors (Lipinski definition) is 3. The van der Waals surface area contributed by atoms with Gasteiger partial charge in [0.15, 0.2) is 0 Å². The number of carbonyl (C=O) groups is 2. The van der Waals surface area contributed by atoms with Crippen molar-refractivity contribution >= 4 is 11.9 Å². The molecule has 3 rings (SSSR count). The summed E-state index contributed by atoms with van der Waals surface area (Å²) in [5, 5.41) is 13.8. The van der Waals surface area contributed by atoms with Crippen molar-refractivity contribution in [1.29, 1.82) is 0 Å². The highest BCUT2D eigenvalue weighted by Gasteiger charge is 2.33. The number of likely N-dealkylation sites (tertiary alicyclic amines) is 1. The van der Waals surface area contributed by atoms with E-state index in [1.165, 1.54) is 4.90 Å². The van der Waals surface area contributed by atoms with E-state index in [9.17, 15) is 14.7 Å². The molecule has 0 unspecified atom stereocenters. The Morgan fingerprint density at radius 1 is 1.20 bits per heavy atom. The molecule has 132 valence electrons. The molecule has 0 radical (unpaired) electrons. The molecule has 1 aromatic heterocycles. The standard InChI is InChI=1S/C19H23N3O3/c1-12-7-8-13(2)17(10-12)22-14(3)15(11-20-22)18(23)21-9-5-4-6-16(21)19(24)25/h7-8,10-11,16H,4-6,9H2,1-3H3,(H,24,25)/t16-/m1/s1. The Balaban J connectivity index is 1.96. The van der Waals surface area contributed by atoms with Crippen molar-refractivity contribution in [3.05, 3.63) is 46.8 Å². The topological polar surface area (TPSA) is 75.4 Å². The molecule has 1 saturated heterocycles. The third kappa shape index (κ3) is 3.16. The molecular weight excluding hydrogens is 318 g/mol. The van der Waals surface area contributed by atoms with Crippen LogP contribution >= 0.6 is 0 Å². The van der Waals surface area contributed by atoms with Crippen LogP contribution in [0.15, 0.2) is 24.4 Å². The van der Waals surface area contributed by atoms with E-state index in [-0.39, 0.29) is 5.91 Å². The zero-order chi connectivity index (χ0) is 18.1. The molecule has 1 aliphatic heterocycles. The predicted molar refractivity (Wildman–Crippen MR) is 94.1 cm³/mol. The number of rotatable bonds is 3. The van der Waals surface area contributed by atoms with Gasteiger partial charge in [-0.2, -0.15) is 5.10 Å². The van der Waals surface area contributed by atoms with Crippen LogP contribution in [0.3, 0.4) is 0 Å². The van der Waals surface area contributed by atoms with Crippen molar-refractivity contribution < 1.29 is 14.7 Å². The quantitative estimate of drug-likeness (QED) is 0.931. The molecule has 0 bridgehead atoms. The number of hydrogen-bond donors (Lipinski definition) is 1. The first kappa shape index (κ1) is 17.2. The van der Waals surface area contributed by atoms with E-state index in [4.69, 9.17) is 0 Å². The maximum absolute atomic E-state index is 12.9. The van der Waals surface area contributed by atoms with Crippen LogP contribution in [0, 0.1) is 20.8 Å². The van der Waals surface area contributed by atoms with Crippen molar-refractivity contribution in [2.75, 3.05) is 6.54 Å². The van der Waals surface area contributed by atoms with Crippen LogP contribution < -0.4 is 0 Å². The normalized spacial score (nSPS) is 17.6. The number of aromatic nitrogens is 2.